The maximum Gasteiger partial charge on any atom is 0.273 e. The molecule has 1 aromatic heterocycles. The first kappa shape index (κ1) is 14.1. The van der Waals surface area contributed by atoms with E-state index in [1.807, 2.05) is 6.92 Å². The maximum absolute atomic E-state index is 10.7. The van der Waals surface area contributed by atoms with E-state index in [2.05, 4.69) is 10.3 Å². The van der Waals surface area contributed by atoms with E-state index in [9.17, 15) is 10.1 Å². The Balaban J connectivity index is 2.27. The van der Waals surface area contributed by atoms with Gasteiger partial charge in [-0.3, -0.25) is 10.1 Å². The molecule has 0 radical (unpaired) electrons. The number of ether oxygens (including phenoxy) is 1. The van der Waals surface area contributed by atoms with E-state index in [1.54, 1.807) is 18.2 Å². The molecule has 0 fully saturated rings. The van der Waals surface area contributed by atoms with Crippen LogP contribution in [0.3, 0.4) is 0 Å². The smallest absolute Gasteiger partial charge is 0.273 e. The summed E-state index contributed by atoms with van der Waals surface area (Å²) in [6.07, 6.45) is 0. The number of non-ortho nitro benzene ring substituents is 1. The van der Waals surface area contributed by atoms with Gasteiger partial charge < -0.3 is 10.1 Å². The van der Waals surface area contributed by atoms with Crippen molar-refractivity contribution in [2.75, 3.05) is 11.9 Å². The number of anilines is 1. The minimum atomic E-state index is -0.508. The standard InChI is InChI=1S/C13H12ClN3O3/c1-2-15-12-4-3-5-13(16-12)20-11-8-9(17(18)19)6-7-10(11)14/h3-8H,2H2,1H3,(H,15,16). The lowest BCUT2D eigenvalue weighted by molar-refractivity contribution is -0.384. The molecule has 7 heteroatoms. The van der Waals surface area contributed by atoms with E-state index in [0.717, 1.165) is 6.54 Å². The number of aromatic nitrogens is 1. The quantitative estimate of drug-likeness (QED) is 0.669. The van der Waals surface area contributed by atoms with Crippen molar-refractivity contribution in [1.29, 1.82) is 0 Å². The molecule has 0 unspecified atom stereocenters. The van der Waals surface area contributed by atoms with E-state index >= 15 is 0 Å². The Hall–Kier alpha value is -2.34. The zero-order chi connectivity index (χ0) is 14.5. The SMILES string of the molecule is CCNc1cccc(Oc2cc([N+](=O)[O-])ccc2Cl)n1. The molecule has 6 nitrogen and oxygen atoms in total. The fourth-order valence-electron chi connectivity index (χ4n) is 1.55. The monoisotopic (exact) mass is 293 g/mol. The van der Waals surface area contributed by atoms with Gasteiger partial charge in [0.15, 0.2) is 5.75 Å². The predicted octanol–water partition coefficient (Wildman–Crippen LogP) is 3.87. The molecule has 0 spiro atoms. The number of nitro groups is 1. The number of hydrogen-bond donors (Lipinski definition) is 1. The highest BCUT2D eigenvalue weighted by molar-refractivity contribution is 6.32. The molecule has 0 aliphatic carbocycles. The largest absolute Gasteiger partial charge is 0.437 e. The first-order chi connectivity index (χ1) is 9.60. The van der Waals surface area contributed by atoms with Crippen LogP contribution in [-0.2, 0) is 0 Å². The number of nitrogens with one attached hydrogen (secondary N) is 1. The normalized spacial score (nSPS) is 10.1. The topological polar surface area (TPSA) is 77.3 Å². The summed E-state index contributed by atoms with van der Waals surface area (Å²) in [7, 11) is 0. The molecule has 0 saturated heterocycles. The Bertz CT molecular complexity index is 634. The second-order valence-electron chi connectivity index (χ2n) is 3.87. The van der Waals surface area contributed by atoms with Crippen LogP contribution in [0.25, 0.3) is 0 Å². The highest BCUT2D eigenvalue weighted by Gasteiger charge is 2.12. The highest BCUT2D eigenvalue weighted by atomic mass is 35.5. The van der Waals surface area contributed by atoms with E-state index in [1.165, 1.54) is 18.2 Å². The molecule has 1 N–H and O–H groups in total. The molecule has 2 rings (SSSR count). The number of nitro benzene ring substituents is 1. The van der Waals surface area contributed by atoms with Crippen molar-refractivity contribution in [3.63, 3.8) is 0 Å². The molecule has 0 aliphatic heterocycles. The number of benzene rings is 1. The Morgan fingerprint density at radius 2 is 2.20 bits per heavy atom. The second kappa shape index (κ2) is 6.21. The van der Waals surface area contributed by atoms with E-state index in [0.29, 0.717) is 11.7 Å². The van der Waals surface area contributed by atoms with Crippen molar-refractivity contribution in [2.24, 2.45) is 0 Å². The van der Waals surface area contributed by atoms with Gasteiger partial charge in [-0.15, -0.1) is 0 Å². The Morgan fingerprint density at radius 3 is 2.90 bits per heavy atom. The zero-order valence-electron chi connectivity index (χ0n) is 10.7. The molecule has 0 atom stereocenters. The van der Waals surface area contributed by atoms with E-state index in [4.69, 9.17) is 16.3 Å². The molecule has 0 bridgehead atoms. The van der Waals surface area contributed by atoms with Crippen LogP contribution in [0.2, 0.25) is 5.02 Å². The Labute approximate surface area is 120 Å². The van der Waals surface area contributed by atoms with Crippen molar-refractivity contribution < 1.29 is 9.66 Å². The van der Waals surface area contributed by atoms with Gasteiger partial charge in [-0.2, -0.15) is 4.98 Å². The lowest BCUT2D eigenvalue weighted by Gasteiger charge is -2.08. The van der Waals surface area contributed by atoms with Crippen LogP contribution in [0.15, 0.2) is 36.4 Å². The van der Waals surface area contributed by atoms with Gasteiger partial charge in [0.05, 0.1) is 16.0 Å². The van der Waals surface area contributed by atoms with Gasteiger partial charge in [0, 0.05) is 18.7 Å². The van der Waals surface area contributed by atoms with Crippen LogP contribution in [0, 0.1) is 10.1 Å². The van der Waals surface area contributed by atoms with Gasteiger partial charge in [-0.25, -0.2) is 0 Å². The van der Waals surface area contributed by atoms with E-state index < -0.39 is 4.92 Å². The average Bonchev–Trinajstić information content (AvgIpc) is 2.42. The number of halogens is 1. The molecule has 1 aromatic carbocycles. The fourth-order valence-corrected chi connectivity index (χ4v) is 1.70. The Kier molecular flexibility index (Phi) is 4.37. The summed E-state index contributed by atoms with van der Waals surface area (Å²) in [5, 5.41) is 14.1. The van der Waals surface area contributed by atoms with Crippen LogP contribution < -0.4 is 10.1 Å². The molecule has 1 heterocycles. The van der Waals surface area contributed by atoms with Crippen molar-refractivity contribution >= 4 is 23.1 Å². The minimum Gasteiger partial charge on any atom is -0.437 e. The van der Waals surface area contributed by atoms with Crippen LogP contribution in [0.1, 0.15) is 6.92 Å². The third kappa shape index (κ3) is 3.36. The third-order valence-corrected chi connectivity index (χ3v) is 2.73. The van der Waals surface area contributed by atoms with Gasteiger partial charge in [0.25, 0.3) is 5.69 Å². The van der Waals surface area contributed by atoms with Gasteiger partial charge in [-0.1, -0.05) is 17.7 Å². The summed E-state index contributed by atoms with van der Waals surface area (Å²) in [6.45, 7) is 2.68. The zero-order valence-corrected chi connectivity index (χ0v) is 11.4. The molecule has 2 aromatic rings. The minimum absolute atomic E-state index is 0.0905. The molecule has 0 saturated carbocycles. The lowest BCUT2D eigenvalue weighted by Crippen LogP contribution is -1.99. The van der Waals surface area contributed by atoms with Crippen molar-refractivity contribution in [1.82, 2.24) is 4.98 Å². The second-order valence-corrected chi connectivity index (χ2v) is 4.27. The number of pyridine rings is 1. The number of nitrogens with zero attached hydrogens (tertiary/aromatic N) is 2. The lowest BCUT2D eigenvalue weighted by atomic mass is 10.3. The molecule has 0 aliphatic rings. The number of hydrogen-bond acceptors (Lipinski definition) is 5. The average molecular weight is 294 g/mol. The first-order valence-electron chi connectivity index (χ1n) is 5.93. The van der Waals surface area contributed by atoms with Crippen molar-refractivity contribution in [3.8, 4) is 11.6 Å². The highest BCUT2D eigenvalue weighted by Crippen LogP contribution is 2.32. The fraction of sp³-hybridized carbons (Fsp3) is 0.154. The van der Waals surface area contributed by atoms with Crippen LogP contribution in [-0.4, -0.2) is 16.5 Å². The summed E-state index contributed by atoms with van der Waals surface area (Å²) in [4.78, 5) is 14.4. The van der Waals surface area contributed by atoms with Gasteiger partial charge in [0.1, 0.15) is 5.82 Å². The summed E-state index contributed by atoms with van der Waals surface area (Å²) in [5.41, 5.74) is -0.0905. The third-order valence-electron chi connectivity index (χ3n) is 2.42. The van der Waals surface area contributed by atoms with Crippen LogP contribution in [0.4, 0.5) is 11.5 Å². The van der Waals surface area contributed by atoms with E-state index in [-0.39, 0.29) is 16.5 Å². The molecular formula is C13H12ClN3O3. The summed E-state index contributed by atoms with van der Waals surface area (Å²) >= 11 is 5.96. The number of rotatable bonds is 5. The predicted molar refractivity (Wildman–Crippen MR) is 76.6 cm³/mol. The molecule has 0 amide bonds. The molecular weight excluding hydrogens is 282 g/mol. The first-order valence-corrected chi connectivity index (χ1v) is 6.30. The van der Waals surface area contributed by atoms with Crippen molar-refractivity contribution in [3.05, 3.63) is 51.5 Å². The molecule has 20 heavy (non-hydrogen) atoms. The van der Waals surface area contributed by atoms with Gasteiger partial charge in [0.2, 0.25) is 5.88 Å². The maximum atomic E-state index is 10.7. The van der Waals surface area contributed by atoms with Crippen LogP contribution in [0.5, 0.6) is 11.6 Å². The summed E-state index contributed by atoms with van der Waals surface area (Å²) in [5.74, 6) is 1.17. The van der Waals surface area contributed by atoms with Crippen LogP contribution >= 0.6 is 11.6 Å². The summed E-state index contributed by atoms with van der Waals surface area (Å²) in [6, 6.07) is 9.22. The van der Waals surface area contributed by atoms with Crippen molar-refractivity contribution in [2.45, 2.75) is 6.92 Å². The van der Waals surface area contributed by atoms with Gasteiger partial charge in [-0.05, 0) is 19.1 Å². The Morgan fingerprint density at radius 1 is 1.40 bits per heavy atom. The molecule has 104 valence electrons. The van der Waals surface area contributed by atoms with Gasteiger partial charge >= 0.3 is 0 Å². The summed E-state index contributed by atoms with van der Waals surface area (Å²) < 4.78 is 5.50.